The first-order valence-electron chi connectivity index (χ1n) is 11.6. The molecular weight excluding hydrogens is 428 g/mol. The fourth-order valence-electron chi connectivity index (χ4n) is 4.38. The zero-order valence-electron chi connectivity index (χ0n) is 19.7. The van der Waals surface area contributed by atoms with Gasteiger partial charge in [-0.3, -0.25) is 9.59 Å². The summed E-state index contributed by atoms with van der Waals surface area (Å²) in [5.41, 5.74) is 4.96. The van der Waals surface area contributed by atoms with Crippen LogP contribution in [0.3, 0.4) is 0 Å². The molecule has 1 saturated carbocycles. The molecule has 1 N–H and O–H groups in total. The molecule has 176 valence electrons. The largest absolute Gasteiger partial charge is 0.454 e. The number of aryl methyl sites for hydroxylation is 1. The predicted molar refractivity (Wildman–Crippen MR) is 133 cm³/mol. The molecule has 3 aromatic rings. The van der Waals surface area contributed by atoms with Crippen molar-refractivity contribution in [3.05, 3.63) is 77.4 Å². The van der Waals surface area contributed by atoms with Gasteiger partial charge < -0.3 is 19.7 Å². The highest BCUT2D eigenvalue weighted by molar-refractivity contribution is 6.02. The van der Waals surface area contributed by atoms with E-state index in [-0.39, 0.29) is 20.0 Å². The third-order valence-electron chi connectivity index (χ3n) is 6.87. The topological polar surface area (TPSA) is 67.9 Å². The number of carbonyl (C=O) groups excluding carboxylic acids is 2. The van der Waals surface area contributed by atoms with Crippen LogP contribution in [0, 0.1) is 6.92 Å². The van der Waals surface area contributed by atoms with Crippen molar-refractivity contribution in [2.75, 3.05) is 25.7 Å². The molecule has 0 radical (unpaired) electrons. The molecule has 0 atom stereocenters. The number of carbonyl (C=O) groups is 2. The van der Waals surface area contributed by atoms with E-state index in [1.165, 1.54) is 0 Å². The van der Waals surface area contributed by atoms with Gasteiger partial charge in [0.25, 0.3) is 5.91 Å². The molecule has 2 aliphatic rings. The first-order chi connectivity index (χ1) is 16.4. The second-order valence-electron chi connectivity index (χ2n) is 9.03. The standard InChI is InChI=1S/C28H28N2O4.H2/c1-4-30(3)26(31)20-8-6-19(7-9-20)23-16-22(11-5-18(23)2)29-27(32)28(13-14-28)21-10-12-24-25(15-21)34-17-33-24;/h5-12,15-16H,4,13-14,17H2,1-3H3,(H,29,32);1H. The molecule has 0 saturated heterocycles. The average Bonchev–Trinajstić information content (AvgIpc) is 3.55. The average molecular weight is 459 g/mol. The van der Waals surface area contributed by atoms with Gasteiger partial charge in [-0.15, -0.1) is 0 Å². The van der Waals surface area contributed by atoms with Gasteiger partial charge in [-0.25, -0.2) is 0 Å². The summed E-state index contributed by atoms with van der Waals surface area (Å²) in [6.07, 6.45) is 1.61. The molecule has 34 heavy (non-hydrogen) atoms. The van der Waals surface area contributed by atoms with Crippen molar-refractivity contribution in [1.82, 2.24) is 4.90 Å². The van der Waals surface area contributed by atoms with Crippen molar-refractivity contribution in [2.45, 2.75) is 32.1 Å². The molecule has 5 rings (SSSR count). The maximum absolute atomic E-state index is 13.3. The number of ether oxygens (including phenoxy) is 2. The maximum Gasteiger partial charge on any atom is 0.253 e. The van der Waals surface area contributed by atoms with E-state index in [0.717, 1.165) is 46.5 Å². The highest BCUT2D eigenvalue weighted by Crippen LogP contribution is 2.51. The van der Waals surface area contributed by atoms with Crippen LogP contribution in [0.1, 0.15) is 42.7 Å². The lowest BCUT2D eigenvalue weighted by Gasteiger charge is -2.18. The van der Waals surface area contributed by atoms with Crippen LogP contribution >= 0.6 is 0 Å². The summed E-state index contributed by atoms with van der Waals surface area (Å²) in [6.45, 7) is 4.87. The lowest BCUT2D eigenvalue weighted by atomic mass is 9.94. The SMILES string of the molecule is CCN(C)C(=O)c1ccc(-c2cc(NC(=O)C3(c4ccc5c(c4)OCO5)CC3)ccc2C)cc1.[HH]. The number of anilines is 1. The van der Waals surface area contributed by atoms with Gasteiger partial charge in [-0.1, -0.05) is 24.3 Å². The molecule has 6 heteroatoms. The molecular formula is C28H30N2O4. The molecule has 0 unspecified atom stereocenters. The van der Waals surface area contributed by atoms with E-state index >= 15 is 0 Å². The molecule has 1 heterocycles. The van der Waals surface area contributed by atoms with Crippen molar-refractivity contribution < 1.29 is 20.5 Å². The molecule has 1 aliphatic carbocycles. The van der Waals surface area contributed by atoms with E-state index in [2.05, 4.69) is 5.32 Å². The number of nitrogens with zero attached hydrogens (tertiary/aromatic N) is 1. The Morgan fingerprint density at radius 1 is 1.00 bits per heavy atom. The third-order valence-corrected chi connectivity index (χ3v) is 6.87. The molecule has 2 amide bonds. The third kappa shape index (κ3) is 3.89. The Hall–Kier alpha value is -3.80. The van der Waals surface area contributed by atoms with Gasteiger partial charge in [0.15, 0.2) is 11.5 Å². The summed E-state index contributed by atoms with van der Waals surface area (Å²) in [5.74, 6) is 1.41. The summed E-state index contributed by atoms with van der Waals surface area (Å²) >= 11 is 0. The van der Waals surface area contributed by atoms with Gasteiger partial charge in [-0.05, 0) is 85.3 Å². The molecule has 0 aromatic heterocycles. The molecule has 6 nitrogen and oxygen atoms in total. The number of hydrogen-bond acceptors (Lipinski definition) is 4. The van der Waals surface area contributed by atoms with Gasteiger partial charge in [-0.2, -0.15) is 0 Å². The minimum Gasteiger partial charge on any atom is -0.454 e. The minimum atomic E-state index is -0.528. The Morgan fingerprint density at radius 3 is 2.44 bits per heavy atom. The van der Waals surface area contributed by atoms with E-state index in [1.807, 2.05) is 74.5 Å². The van der Waals surface area contributed by atoms with Crippen molar-refractivity contribution in [3.8, 4) is 22.6 Å². The van der Waals surface area contributed by atoms with Gasteiger partial charge in [0.2, 0.25) is 12.7 Å². The zero-order valence-corrected chi connectivity index (χ0v) is 19.7. The lowest BCUT2D eigenvalue weighted by molar-refractivity contribution is -0.118. The highest BCUT2D eigenvalue weighted by Gasteiger charge is 2.51. The molecule has 1 fully saturated rings. The summed E-state index contributed by atoms with van der Waals surface area (Å²) in [7, 11) is 1.79. The van der Waals surface area contributed by atoms with Crippen LogP contribution in [-0.4, -0.2) is 37.1 Å². The van der Waals surface area contributed by atoms with Crippen LogP contribution in [-0.2, 0) is 10.2 Å². The summed E-state index contributed by atoms with van der Waals surface area (Å²) in [5, 5.41) is 3.13. The van der Waals surface area contributed by atoms with Crippen LogP contribution in [0.15, 0.2) is 60.7 Å². The smallest absolute Gasteiger partial charge is 0.253 e. The number of hydrogen-bond donors (Lipinski definition) is 1. The molecule has 0 bridgehead atoms. The maximum atomic E-state index is 13.3. The molecule has 3 aromatic carbocycles. The summed E-state index contributed by atoms with van der Waals surface area (Å²) in [6, 6.07) is 19.3. The van der Waals surface area contributed by atoms with E-state index < -0.39 is 5.41 Å². The first kappa shape index (κ1) is 22.0. The van der Waals surface area contributed by atoms with Gasteiger partial charge >= 0.3 is 0 Å². The van der Waals surface area contributed by atoms with Crippen LogP contribution in [0.5, 0.6) is 11.5 Å². The second-order valence-corrected chi connectivity index (χ2v) is 9.03. The summed E-state index contributed by atoms with van der Waals surface area (Å²) in [4.78, 5) is 27.4. The normalized spacial score (nSPS) is 15.0. The Kier molecular flexibility index (Phi) is 5.52. The fourth-order valence-corrected chi connectivity index (χ4v) is 4.38. The summed E-state index contributed by atoms with van der Waals surface area (Å²) < 4.78 is 10.9. The van der Waals surface area contributed by atoms with Gasteiger partial charge in [0, 0.05) is 26.3 Å². The van der Waals surface area contributed by atoms with Gasteiger partial charge in [0.1, 0.15) is 0 Å². The lowest BCUT2D eigenvalue weighted by Crippen LogP contribution is -2.27. The minimum absolute atomic E-state index is 0. The molecule has 0 spiro atoms. The van der Waals surface area contributed by atoms with E-state index in [0.29, 0.717) is 17.9 Å². The van der Waals surface area contributed by atoms with Crippen LogP contribution in [0.4, 0.5) is 5.69 Å². The number of rotatable bonds is 6. The van der Waals surface area contributed by atoms with Crippen LogP contribution in [0.25, 0.3) is 11.1 Å². The molecule has 1 aliphatic heterocycles. The van der Waals surface area contributed by atoms with E-state index in [4.69, 9.17) is 9.47 Å². The second kappa shape index (κ2) is 8.52. The van der Waals surface area contributed by atoms with Crippen molar-refractivity contribution in [3.63, 3.8) is 0 Å². The van der Waals surface area contributed by atoms with Crippen molar-refractivity contribution in [2.24, 2.45) is 0 Å². The predicted octanol–water partition coefficient (Wildman–Crippen LogP) is 5.40. The monoisotopic (exact) mass is 458 g/mol. The Balaban J connectivity index is 0.00000289. The van der Waals surface area contributed by atoms with Crippen molar-refractivity contribution in [1.29, 1.82) is 0 Å². The number of benzene rings is 3. The van der Waals surface area contributed by atoms with Crippen LogP contribution in [0.2, 0.25) is 0 Å². The van der Waals surface area contributed by atoms with Crippen LogP contribution < -0.4 is 14.8 Å². The van der Waals surface area contributed by atoms with Crippen molar-refractivity contribution >= 4 is 17.5 Å². The number of nitrogens with one attached hydrogen (secondary N) is 1. The zero-order chi connectivity index (χ0) is 23.9. The quantitative estimate of drug-likeness (QED) is 0.537. The fraction of sp³-hybridized carbons (Fsp3) is 0.286. The first-order valence-corrected chi connectivity index (χ1v) is 11.6. The number of fused-ring (bicyclic) bond motifs is 1. The Bertz CT molecular complexity index is 1270. The van der Waals surface area contributed by atoms with Gasteiger partial charge in [0.05, 0.1) is 5.41 Å². The van der Waals surface area contributed by atoms with E-state index in [1.54, 1.807) is 11.9 Å². The Labute approximate surface area is 201 Å². The number of amides is 2. The highest BCUT2D eigenvalue weighted by atomic mass is 16.7. The van der Waals surface area contributed by atoms with E-state index in [9.17, 15) is 9.59 Å². The Morgan fingerprint density at radius 2 is 1.74 bits per heavy atom.